The van der Waals surface area contributed by atoms with Gasteiger partial charge in [-0.25, -0.2) is 4.98 Å². The van der Waals surface area contributed by atoms with Crippen LogP contribution in [0.5, 0.6) is 5.88 Å². The van der Waals surface area contributed by atoms with Gasteiger partial charge in [0.25, 0.3) is 0 Å². The summed E-state index contributed by atoms with van der Waals surface area (Å²) in [5.41, 5.74) is 0. The first kappa shape index (κ1) is 14.8. The van der Waals surface area contributed by atoms with Crippen molar-refractivity contribution in [2.75, 3.05) is 19.7 Å². The fraction of sp³-hybridized carbons (Fsp3) is 0.625. The van der Waals surface area contributed by atoms with Gasteiger partial charge >= 0.3 is 0 Å². The number of amides is 1. The van der Waals surface area contributed by atoms with Crippen LogP contribution >= 0.6 is 0 Å². The highest BCUT2D eigenvalue weighted by Crippen LogP contribution is 2.24. The first-order chi connectivity index (χ1) is 9.66. The molecule has 2 rings (SSSR count). The van der Waals surface area contributed by atoms with Crippen molar-refractivity contribution >= 4 is 5.91 Å². The molecule has 0 atom stereocenters. The van der Waals surface area contributed by atoms with E-state index in [1.165, 1.54) is 0 Å². The van der Waals surface area contributed by atoms with E-state index in [1.807, 2.05) is 17.0 Å². The van der Waals surface area contributed by atoms with Crippen molar-refractivity contribution in [1.29, 1.82) is 0 Å². The Morgan fingerprint density at radius 1 is 1.40 bits per heavy atom. The van der Waals surface area contributed by atoms with Crippen LogP contribution in [0.4, 0.5) is 0 Å². The Labute approximate surface area is 121 Å². The Morgan fingerprint density at radius 3 is 2.75 bits per heavy atom. The van der Waals surface area contributed by atoms with Gasteiger partial charge in [-0.05, 0) is 30.7 Å². The number of pyridine rings is 1. The van der Waals surface area contributed by atoms with Crippen molar-refractivity contribution < 1.29 is 9.53 Å². The molecule has 0 N–H and O–H groups in total. The van der Waals surface area contributed by atoms with Crippen LogP contribution < -0.4 is 4.74 Å². The average molecular weight is 276 g/mol. The molecule has 1 aliphatic heterocycles. The number of piperidine rings is 1. The molecule has 1 aromatic heterocycles. The summed E-state index contributed by atoms with van der Waals surface area (Å²) >= 11 is 0. The van der Waals surface area contributed by atoms with Crippen LogP contribution in [-0.4, -0.2) is 35.5 Å². The molecule has 110 valence electrons. The van der Waals surface area contributed by atoms with Crippen LogP contribution in [0.2, 0.25) is 0 Å². The summed E-state index contributed by atoms with van der Waals surface area (Å²) in [6.45, 7) is 6.72. The van der Waals surface area contributed by atoms with Gasteiger partial charge in [-0.1, -0.05) is 19.9 Å². The number of ether oxygens (including phenoxy) is 1. The zero-order valence-electron chi connectivity index (χ0n) is 12.4. The van der Waals surface area contributed by atoms with E-state index >= 15 is 0 Å². The van der Waals surface area contributed by atoms with Crippen molar-refractivity contribution in [3.8, 4) is 5.88 Å². The number of hydrogen-bond acceptors (Lipinski definition) is 3. The van der Waals surface area contributed by atoms with E-state index in [-0.39, 0.29) is 5.91 Å². The number of carbonyl (C=O) groups excluding carboxylic acids is 1. The third-order valence-electron chi connectivity index (χ3n) is 4.04. The Kier molecular flexibility index (Phi) is 5.39. The zero-order chi connectivity index (χ0) is 14.4. The lowest BCUT2D eigenvalue weighted by Crippen LogP contribution is -2.40. The molecule has 0 radical (unpaired) electrons. The van der Waals surface area contributed by atoms with Gasteiger partial charge in [0.05, 0.1) is 13.0 Å². The first-order valence-electron chi connectivity index (χ1n) is 7.48. The second-order valence-corrected chi connectivity index (χ2v) is 5.73. The molecule has 1 amide bonds. The summed E-state index contributed by atoms with van der Waals surface area (Å²) in [4.78, 5) is 18.1. The lowest BCUT2D eigenvalue weighted by atomic mass is 9.86. The molecule has 4 nitrogen and oxygen atoms in total. The number of likely N-dealkylation sites (tertiary alicyclic amines) is 1. The van der Waals surface area contributed by atoms with E-state index < -0.39 is 0 Å². The predicted octanol–water partition coefficient (Wildman–Crippen LogP) is 2.75. The Hall–Kier alpha value is -1.58. The minimum absolute atomic E-state index is 0.197. The van der Waals surface area contributed by atoms with E-state index in [1.54, 1.807) is 12.3 Å². The monoisotopic (exact) mass is 276 g/mol. The average Bonchev–Trinajstić information content (AvgIpc) is 2.48. The lowest BCUT2D eigenvalue weighted by molar-refractivity contribution is -0.133. The van der Waals surface area contributed by atoms with Gasteiger partial charge in [0.15, 0.2) is 0 Å². The van der Waals surface area contributed by atoms with Crippen molar-refractivity contribution in [1.82, 2.24) is 9.88 Å². The van der Waals surface area contributed by atoms with Gasteiger partial charge in [0.1, 0.15) is 0 Å². The van der Waals surface area contributed by atoms with E-state index in [9.17, 15) is 4.79 Å². The van der Waals surface area contributed by atoms with E-state index in [0.29, 0.717) is 18.9 Å². The molecular weight excluding hydrogens is 252 g/mol. The van der Waals surface area contributed by atoms with Gasteiger partial charge in [0.2, 0.25) is 11.8 Å². The van der Waals surface area contributed by atoms with Crippen molar-refractivity contribution in [2.24, 2.45) is 11.8 Å². The zero-order valence-corrected chi connectivity index (χ0v) is 12.4. The summed E-state index contributed by atoms with van der Waals surface area (Å²) in [7, 11) is 0. The topological polar surface area (TPSA) is 42.4 Å². The van der Waals surface area contributed by atoms with E-state index in [4.69, 9.17) is 4.74 Å². The summed E-state index contributed by atoms with van der Waals surface area (Å²) < 4.78 is 5.47. The van der Waals surface area contributed by atoms with Crippen molar-refractivity contribution in [2.45, 2.75) is 33.1 Å². The third-order valence-corrected chi connectivity index (χ3v) is 4.04. The molecule has 20 heavy (non-hydrogen) atoms. The molecule has 0 aliphatic carbocycles. The van der Waals surface area contributed by atoms with Crippen LogP contribution in [0.15, 0.2) is 24.4 Å². The predicted molar refractivity (Wildman–Crippen MR) is 78.5 cm³/mol. The molecule has 1 aliphatic rings. The highest BCUT2D eigenvalue weighted by molar-refractivity contribution is 5.76. The maximum absolute atomic E-state index is 12.1. The second-order valence-electron chi connectivity index (χ2n) is 5.73. The lowest BCUT2D eigenvalue weighted by Gasteiger charge is -2.33. The van der Waals surface area contributed by atoms with Crippen LogP contribution in [0.3, 0.4) is 0 Å². The van der Waals surface area contributed by atoms with Gasteiger partial charge < -0.3 is 9.64 Å². The molecular formula is C16H24N2O2. The van der Waals surface area contributed by atoms with E-state index in [2.05, 4.69) is 18.8 Å². The maximum Gasteiger partial charge on any atom is 0.225 e. The van der Waals surface area contributed by atoms with Crippen LogP contribution in [0.1, 0.15) is 33.1 Å². The summed E-state index contributed by atoms with van der Waals surface area (Å²) in [5.74, 6) is 2.27. The molecule has 1 fully saturated rings. The highest BCUT2D eigenvalue weighted by Gasteiger charge is 2.24. The standard InChI is InChI=1S/C16H24N2O2/c1-13(2)14-6-10-18(11-7-14)16(19)8-12-20-15-5-3-4-9-17-15/h3-5,9,13-14H,6-8,10-12H2,1-2H3. The quantitative estimate of drug-likeness (QED) is 0.830. The maximum atomic E-state index is 12.1. The molecule has 4 heteroatoms. The number of carbonyl (C=O) groups is 1. The Bertz CT molecular complexity index is 412. The van der Waals surface area contributed by atoms with Crippen LogP contribution in [-0.2, 0) is 4.79 Å². The van der Waals surface area contributed by atoms with Gasteiger partial charge in [-0.3, -0.25) is 4.79 Å². The van der Waals surface area contributed by atoms with Crippen LogP contribution in [0, 0.1) is 11.8 Å². The van der Waals surface area contributed by atoms with Gasteiger partial charge in [-0.15, -0.1) is 0 Å². The number of rotatable bonds is 5. The fourth-order valence-electron chi connectivity index (χ4n) is 2.65. The molecule has 1 saturated heterocycles. The molecule has 0 unspecified atom stereocenters. The second kappa shape index (κ2) is 7.27. The highest BCUT2D eigenvalue weighted by atomic mass is 16.5. The normalized spacial score (nSPS) is 16.4. The minimum Gasteiger partial charge on any atom is -0.477 e. The van der Waals surface area contributed by atoms with Crippen molar-refractivity contribution in [3.05, 3.63) is 24.4 Å². The summed E-state index contributed by atoms with van der Waals surface area (Å²) in [6.07, 6.45) is 4.38. The smallest absolute Gasteiger partial charge is 0.225 e. The molecule has 0 spiro atoms. The molecule has 0 saturated carbocycles. The minimum atomic E-state index is 0.197. The third kappa shape index (κ3) is 4.22. The van der Waals surface area contributed by atoms with Crippen molar-refractivity contribution in [3.63, 3.8) is 0 Å². The fourth-order valence-corrected chi connectivity index (χ4v) is 2.65. The molecule has 1 aromatic rings. The molecule has 2 heterocycles. The van der Waals surface area contributed by atoms with Gasteiger partial charge in [-0.2, -0.15) is 0 Å². The Balaban J connectivity index is 1.68. The first-order valence-corrected chi connectivity index (χ1v) is 7.48. The van der Waals surface area contributed by atoms with E-state index in [0.717, 1.165) is 37.8 Å². The molecule has 0 aromatic carbocycles. The molecule has 0 bridgehead atoms. The summed E-state index contributed by atoms with van der Waals surface area (Å²) in [6, 6.07) is 5.52. The number of aromatic nitrogens is 1. The van der Waals surface area contributed by atoms with Gasteiger partial charge in [0, 0.05) is 25.4 Å². The number of nitrogens with zero attached hydrogens (tertiary/aromatic N) is 2. The largest absolute Gasteiger partial charge is 0.477 e. The number of hydrogen-bond donors (Lipinski definition) is 0. The summed E-state index contributed by atoms with van der Waals surface area (Å²) in [5, 5.41) is 0. The van der Waals surface area contributed by atoms with Crippen LogP contribution in [0.25, 0.3) is 0 Å². The Morgan fingerprint density at radius 2 is 2.15 bits per heavy atom. The SMILES string of the molecule is CC(C)C1CCN(C(=O)CCOc2ccccn2)CC1.